The van der Waals surface area contributed by atoms with Crippen LogP contribution in [0.15, 0.2) is 45.4 Å². The summed E-state index contributed by atoms with van der Waals surface area (Å²) >= 11 is 0. The first-order valence-corrected chi connectivity index (χ1v) is 7.22. The Bertz CT molecular complexity index is 744. The van der Waals surface area contributed by atoms with E-state index in [1.54, 1.807) is 12.3 Å². The van der Waals surface area contributed by atoms with E-state index in [2.05, 4.69) is 5.32 Å². The molecule has 0 aliphatic heterocycles. The molecule has 1 N–H and O–H groups in total. The van der Waals surface area contributed by atoms with Gasteiger partial charge in [0, 0.05) is 17.4 Å². The Morgan fingerprint density at radius 3 is 2.81 bits per heavy atom. The van der Waals surface area contributed by atoms with E-state index in [-0.39, 0.29) is 11.9 Å². The lowest BCUT2D eigenvalue weighted by Gasteiger charge is -2.15. The Kier molecular flexibility index (Phi) is 3.80. The summed E-state index contributed by atoms with van der Waals surface area (Å²) in [6, 6.07) is 8.65. The first-order valence-electron chi connectivity index (χ1n) is 7.22. The van der Waals surface area contributed by atoms with E-state index in [1.165, 1.54) is 6.07 Å². The van der Waals surface area contributed by atoms with Gasteiger partial charge in [0.2, 0.25) is 0 Å². The van der Waals surface area contributed by atoms with E-state index in [1.807, 2.05) is 32.0 Å². The van der Waals surface area contributed by atoms with Crippen molar-refractivity contribution in [3.8, 4) is 0 Å². The largest absolute Gasteiger partial charge is 0.469 e. The minimum absolute atomic E-state index is 0.129. The summed E-state index contributed by atoms with van der Waals surface area (Å²) in [7, 11) is 0. The predicted molar refractivity (Wildman–Crippen MR) is 79.8 cm³/mol. The van der Waals surface area contributed by atoms with Gasteiger partial charge in [-0.05, 0) is 24.7 Å². The summed E-state index contributed by atoms with van der Waals surface area (Å²) in [5.41, 5.74) is 1.34. The maximum atomic E-state index is 13.8. The molecule has 4 heteroatoms. The average Bonchev–Trinajstić information content (AvgIpc) is 3.11. The second-order valence-corrected chi connectivity index (χ2v) is 4.95. The number of fused-ring (bicyclic) bond motifs is 1. The van der Waals surface area contributed by atoms with Crippen LogP contribution < -0.4 is 5.32 Å². The molecule has 3 aromatic rings. The molecule has 0 bridgehead atoms. The van der Waals surface area contributed by atoms with Crippen LogP contribution in [0.2, 0.25) is 0 Å². The van der Waals surface area contributed by atoms with Gasteiger partial charge in [-0.2, -0.15) is 0 Å². The minimum Gasteiger partial charge on any atom is -0.469 e. The van der Waals surface area contributed by atoms with Gasteiger partial charge in [0.25, 0.3) is 0 Å². The molecular weight excluding hydrogens is 269 g/mol. The molecule has 110 valence electrons. The molecule has 0 radical (unpaired) electrons. The fourth-order valence-corrected chi connectivity index (χ4v) is 2.65. The fourth-order valence-electron chi connectivity index (χ4n) is 2.65. The molecule has 1 unspecified atom stereocenters. The zero-order valence-electron chi connectivity index (χ0n) is 12.2. The summed E-state index contributed by atoms with van der Waals surface area (Å²) in [6.45, 7) is 4.85. The lowest BCUT2D eigenvalue weighted by molar-refractivity contribution is 0.452. The number of hydrogen-bond acceptors (Lipinski definition) is 3. The van der Waals surface area contributed by atoms with Crippen molar-refractivity contribution < 1.29 is 13.2 Å². The third-order valence-electron chi connectivity index (χ3n) is 3.62. The van der Waals surface area contributed by atoms with Crippen molar-refractivity contribution >= 4 is 11.0 Å². The third kappa shape index (κ3) is 2.47. The topological polar surface area (TPSA) is 38.3 Å². The van der Waals surface area contributed by atoms with Gasteiger partial charge in [0.15, 0.2) is 11.4 Å². The SMILES string of the molecule is CCNC(c1cc2cccc(F)c2o1)c1ccoc1CC. The van der Waals surface area contributed by atoms with Crippen LogP contribution in [0.5, 0.6) is 0 Å². The van der Waals surface area contributed by atoms with E-state index in [0.29, 0.717) is 11.3 Å². The summed E-state index contributed by atoms with van der Waals surface area (Å²) in [4.78, 5) is 0. The van der Waals surface area contributed by atoms with E-state index < -0.39 is 0 Å². The molecule has 2 heterocycles. The van der Waals surface area contributed by atoms with Gasteiger partial charge in [-0.25, -0.2) is 4.39 Å². The second kappa shape index (κ2) is 5.74. The summed E-state index contributed by atoms with van der Waals surface area (Å²) in [5.74, 6) is 1.28. The smallest absolute Gasteiger partial charge is 0.169 e. The Balaban J connectivity index is 2.09. The van der Waals surface area contributed by atoms with E-state index in [4.69, 9.17) is 8.83 Å². The van der Waals surface area contributed by atoms with Crippen LogP contribution in [0.4, 0.5) is 4.39 Å². The summed E-state index contributed by atoms with van der Waals surface area (Å²) < 4.78 is 25.1. The van der Waals surface area contributed by atoms with Gasteiger partial charge in [-0.3, -0.25) is 0 Å². The van der Waals surface area contributed by atoms with E-state index in [9.17, 15) is 4.39 Å². The Labute approximate surface area is 122 Å². The molecule has 0 spiro atoms. The molecule has 3 nitrogen and oxygen atoms in total. The van der Waals surface area contributed by atoms with Gasteiger partial charge in [-0.1, -0.05) is 26.0 Å². The van der Waals surface area contributed by atoms with Gasteiger partial charge in [-0.15, -0.1) is 0 Å². The Hall–Kier alpha value is -2.07. The molecule has 1 aromatic carbocycles. The highest BCUT2D eigenvalue weighted by molar-refractivity contribution is 5.78. The highest BCUT2D eigenvalue weighted by atomic mass is 19.1. The molecule has 0 aliphatic carbocycles. The molecule has 0 saturated carbocycles. The van der Waals surface area contributed by atoms with Crippen LogP contribution >= 0.6 is 0 Å². The maximum Gasteiger partial charge on any atom is 0.169 e. The number of aryl methyl sites for hydroxylation is 1. The first-order chi connectivity index (χ1) is 10.2. The zero-order valence-corrected chi connectivity index (χ0v) is 12.2. The quantitative estimate of drug-likeness (QED) is 0.754. The predicted octanol–water partition coefficient (Wildman–Crippen LogP) is 4.43. The van der Waals surface area contributed by atoms with Gasteiger partial charge < -0.3 is 14.2 Å². The van der Waals surface area contributed by atoms with Crippen LogP contribution in [0.3, 0.4) is 0 Å². The Morgan fingerprint density at radius 1 is 1.24 bits per heavy atom. The zero-order chi connectivity index (χ0) is 14.8. The summed E-state index contributed by atoms with van der Waals surface area (Å²) in [6.07, 6.45) is 2.49. The molecule has 0 aliphatic rings. The van der Waals surface area contributed by atoms with Crippen molar-refractivity contribution in [3.63, 3.8) is 0 Å². The molecule has 1 atom stereocenters. The number of halogens is 1. The number of nitrogens with one attached hydrogen (secondary N) is 1. The lowest BCUT2D eigenvalue weighted by atomic mass is 10.0. The third-order valence-corrected chi connectivity index (χ3v) is 3.62. The molecule has 0 saturated heterocycles. The molecule has 21 heavy (non-hydrogen) atoms. The fraction of sp³-hybridized carbons (Fsp3) is 0.294. The average molecular weight is 287 g/mol. The van der Waals surface area contributed by atoms with Gasteiger partial charge >= 0.3 is 0 Å². The number of rotatable bonds is 5. The van der Waals surface area contributed by atoms with E-state index >= 15 is 0 Å². The van der Waals surface area contributed by atoms with Crippen molar-refractivity contribution in [3.05, 3.63) is 59.5 Å². The van der Waals surface area contributed by atoms with E-state index in [0.717, 1.165) is 29.7 Å². The van der Waals surface area contributed by atoms with Crippen molar-refractivity contribution in [1.29, 1.82) is 0 Å². The lowest BCUT2D eigenvalue weighted by Crippen LogP contribution is -2.22. The number of benzene rings is 1. The number of para-hydroxylation sites is 1. The normalized spacial score (nSPS) is 12.9. The Morgan fingerprint density at radius 2 is 2.10 bits per heavy atom. The first kappa shape index (κ1) is 13.9. The van der Waals surface area contributed by atoms with Crippen molar-refractivity contribution in [2.24, 2.45) is 0 Å². The molecule has 0 fully saturated rings. The second-order valence-electron chi connectivity index (χ2n) is 4.95. The highest BCUT2D eigenvalue weighted by Gasteiger charge is 2.22. The van der Waals surface area contributed by atoms with Crippen LogP contribution in [0, 0.1) is 5.82 Å². The minimum atomic E-state index is -0.336. The number of furan rings is 2. The maximum absolute atomic E-state index is 13.8. The molecule has 2 aromatic heterocycles. The van der Waals surface area contributed by atoms with Crippen LogP contribution in [-0.2, 0) is 6.42 Å². The molecular formula is C17H18FNO2. The highest BCUT2D eigenvalue weighted by Crippen LogP contribution is 2.31. The number of hydrogen-bond donors (Lipinski definition) is 1. The monoisotopic (exact) mass is 287 g/mol. The molecule has 0 amide bonds. The molecule has 3 rings (SSSR count). The van der Waals surface area contributed by atoms with Crippen LogP contribution in [0.1, 0.15) is 37.0 Å². The van der Waals surface area contributed by atoms with Gasteiger partial charge in [0.1, 0.15) is 11.5 Å². The van der Waals surface area contributed by atoms with Crippen LogP contribution in [0.25, 0.3) is 11.0 Å². The van der Waals surface area contributed by atoms with Crippen molar-refractivity contribution in [2.45, 2.75) is 26.3 Å². The summed E-state index contributed by atoms with van der Waals surface area (Å²) in [5, 5.41) is 4.15. The van der Waals surface area contributed by atoms with Crippen molar-refractivity contribution in [2.75, 3.05) is 6.54 Å². The standard InChI is InChI=1S/C17H18FNO2/c1-3-14-12(8-9-20-14)16(19-4-2)15-10-11-6-5-7-13(18)17(11)21-15/h5-10,16,19H,3-4H2,1-2H3. The van der Waals surface area contributed by atoms with Gasteiger partial charge in [0.05, 0.1) is 12.3 Å². The van der Waals surface area contributed by atoms with Crippen LogP contribution in [-0.4, -0.2) is 6.54 Å². The van der Waals surface area contributed by atoms with Crippen molar-refractivity contribution in [1.82, 2.24) is 5.32 Å².